The maximum absolute atomic E-state index is 5.80. The molecule has 0 unspecified atom stereocenters. The van der Waals surface area contributed by atoms with Gasteiger partial charge in [0.1, 0.15) is 0 Å². The van der Waals surface area contributed by atoms with Crippen LogP contribution in [0.1, 0.15) is 19.4 Å². The number of hydrogen-bond acceptors (Lipinski definition) is 1. The summed E-state index contributed by atoms with van der Waals surface area (Å²) < 4.78 is 1.11. The van der Waals surface area contributed by atoms with E-state index >= 15 is 0 Å². The highest BCUT2D eigenvalue weighted by atomic mass is 79.9. The zero-order valence-corrected chi connectivity index (χ0v) is 11.2. The van der Waals surface area contributed by atoms with E-state index in [4.69, 9.17) is 5.73 Å². The molecule has 0 atom stereocenters. The number of nitrogens with two attached hydrogens (primary N) is 1. The van der Waals surface area contributed by atoms with E-state index in [0.29, 0.717) is 6.54 Å². The lowest BCUT2D eigenvalue weighted by atomic mass is 9.84. The van der Waals surface area contributed by atoms with Gasteiger partial charge < -0.3 is 5.73 Å². The van der Waals surface area contributed by atoms with Crippen molar-refractivity contribution in [3.05, 3.63) is 46.4 Å². The van der Waals surface area contributed by atoms with E-state index in [9.17, 15) is 0 Å². The Hall–Kier alpha value is -0.860. The highest BCUT2D eigenvalue weighted by Gasteiger charge is 2.18. The van der Waals surface area contributed by atoms with Gasteiger partial charge in [-0.05, 0) is 28.5 Å². The minimum absolute atomic E-state index is 0.0382. The molecule has 2 aromatic carbocycles. The highest BCUT2D eigenvalue weighted by molar-refractivity contribution is 9.10. The van der Waals surface area contributed by atoms with E-state index in [2.05, 4.69) is 66.2 Å². The molecule has 2 aromatic rings. The number of halogens is 1. The van der Waals surface area contributed by atoms with Gasteiger partial charge in [0, 0.05) is 16.4 Å². The summed E-state index contributed by atoms with van der Waals surface area (Å²) in [6, 6.07) is 12.9. The molecule has 2 N–H and O–H groups in total. The van der Waals surface area contributed by atoms with Crippen molar-refractivity contribution >= 4 is 26.7 Å². The summed E-state index contributed by atoms with van der Waals surface area (Å²) in [6.07, 6.45) is 0. The van der Waals surface area contributed by atoms with Crippen molar-refractivity contribution in [2.45, 2.75) is 19.3 Å². The fourth-order valence-corrected chi connectivity index (χ4v) is 2.14. The Labute approximate surface area is 105 Å². The molecule has 84 valence electrons. The monoisotopic (exact) mass is 277 g/mol. The van der Waals surface area contributed by atoms with Crippen molar-refractivity contribution in [3.8, 4) is 0 Å². The molecule has 2 heteroatoms. The first kappa shape index (κ1) is 11.6. The van der Waals surface area contributed by atoms with Crippen LogP contribution < -0.4 is 5.73 Å². The molecular weight excluding hydrogens is 262 g/mol. The fraction of sp³-hybridized carbons (Fsp3) is 0.286. The van der Waals surface area contributed by atoms with Gasteiger partial charge in [-0.2, -0.15) is 0 Å². The first-order valence-electron chi connectivity index (χ1n) is 5.43. The van der Waals surface area contributed by atoms with Gasteiger partial charge >= 0.3 is 0 Å². The average molecular weight is 278 g/mol. The lowest BCUT2D eigenvalue weighted by molar-refractivity contribution is 0.540. The number of rotatable bonds is 2. The van der Waals surface area contributed by atoms with Gasteiger partial charge in [-0.15, -0.1) is 0 Å². The Balaban J connectivity index is 2.59. The van der Waals surface area contributed by atoms with Gasteiger partial charge in [0.25, 0.3) is 0 Å². The lowest BCUT2D eigenvalue weighted by Gasteiger charge is -2.23. The van der Waals surface area contributed by atoms with Crippen molar-refractivity contribution < 1.29 is 0 Å². The van der Waals surface area contributed by atoms with E-state index in [1.54, 1.807) is 0 Å². The van der Waals surface area contributed by atoms with Crippen LogP contribution in [-0.4, -0.2) is 6.54 Å². The largest absolute Gasteiger partial charge is 0.330 e. The van der Waals surface area contributed by atoms with Crippen LogP contribution in [0, 0.1) is 0 Å². The van der Waals surface area contributed by atoms with E-state index in [1.807, 2.05) is 0 Å². The number of hydrogen-bond donors (Lipinski definition) is 1. The van der Waals surface area contributed by atoms with E-state index in [0.717, 1.165) is 4.47 Å². The SMILES string of the molecule is CC(C)(CN)c1ccc2ccc(Br)cc2c1. The average Bonchev–Trinajstić information content (AvgIpc) is 2.28. The van der Waals surface area contributed by atoms with Crippen LogP contribution in [-0.2, 0) is 5.41 Å². The smallest absolute Gasteiger partial charge is 0.0181 e. The van der Waals surface area contributed by atoms with Crippen molar-refractivity contribution in [3.63, 3.8) is 0 Å². The van der Waals surface area contributed by atoms with Gasteiger partial charge in [-0.25, -0.2) is 0 Å². The summed E-state index contributed by atoms with van der Waals surface area (Å²) in [4.78, 5) is 0. The Morgan fingerprint density at radius 3 is 2.44 bits per heavy atom. The zero-order valence-electron chi connectivity index (χ0n) is 9.63. The maximum atomic E-state index is 5.80. The zero-order chi connectivity index (χ0) is 11.8. The summed E-state index contributed by atoms with van der Waals surface area (Å²) in [5, 5.41) is 2.52. The quantitative estimate of drug-likeness (QED) is 0.887. The van der Waals surface area contributed by atoms with Crippen LogP contribution in [0.25, 0.3) is 10.8 Å². The third kappa shape index (κ3) is 2.13. The molecule has 0 aromatic heterocycles. The summed E-state index contributed by atoms with van der Waals surface area (Å²) in [7, 11) is 0. The molecule has 0 amide bonds. The van der Waals surface area contributed by atoms with Crippen molar-refractivity contribution in [2.75, 3.05) is 6.54 Å². The van der Waals surface area contributed by atoms with Gasteiger partial charge in [0.05, 0.1) is 0 Å². The molecule has 0 aliphatic carbocycles. The molecule has 2 rings (SSSR count). The molecular formula is C14H16BrN. The van der Waals surface area contributed by atoms with E-state index in [-0.39, 0.29) is 5.41 Å². The molecule has 0 spiro atoms. The second-order valence-electron chi connectivity index (χ2n) is 4.79. The third-order valence-electron chi connectivity index (χ3n) is 3.09. The summed E-state index contributed by atoms with van der Waals surface area (Å²) in [5.41, 5.74) is 7.13. The van der Waals surface area contributed by atoms with Gasteiger partial charge in [0.2, 0.25) is 0 Å². The second-order valence-corrected chi connectivity index (χ2v) is 5.71. The predicted molar refractivity (Wildman–Crippen MR) is 73.7 cm³/mol. The first-order chi connectivity index (χ1) is 7.53. The fourth-order valence-electron chi connectivity index (χ4n) is 1.76. The van der Waals surface area contributed by atoms with Gasteiger partial charge in [-0.3, -0.25) is 0 Å². The molecule has 0 saturated heterocycles. The molecule has 0 aliphatic heterocycles. The first-order valence-corrected chi connectivity index (χ1v) is 6.22. The van der Waals surface area contributed by atoms with Crippen molar-refractivity contribution in [1.29, 1.82) is 0 Å². The van der Waals surface area contributed by atoms with E-state index in [1.165, 1.54) is 16.3 Å². The summed E-state index contributed by atoms with van der Waals surface area (Å²) in [6.45, 7) is 5.00. The standard InChI is InChI=1S/C14H16BrN/c1-14(2,9-16)12-5-3-10-4-6-13(15)8-11(10)7-12/h3-8H,9,16H2,1-2H3. The second kappa shape index (κ2) is 4.19. The molecule has 16 heavy (non-hydrogen) atoms. The molecule has 0 bridgehead atoms. The normalized spacial score (nSPS) is 12.0. The minimum atomic E-state index is 0.0382. The van der Waals surface area contributed by atoms with Crippen LogP contribution >= 0.6 is 15.9 Å². The molecule has 1 nitrogen and oxygen atoms in total. The van der Waals surface area contributed by atoms with Crippen molar-refractivity contribution in [1.82, 2.24) is 0 Å². The van der Waals surface area contributed by atoms with Crippen LogP contribution in [0.15, 0.2) is 40.9 Å². The predicted octanol–water partition coefficient (Wildman–Crippen LogP) is 3.84. The lowest BCUT2D eigenvalue weighted by Crippen LogP contribution is -2.27. The van der Waals surface area contributed by atoms with E-state index < -0.39 is 0 Å². The highest BCUT2D eigenvalue weighted by Crippen LogP contribution is 2.27. The minimum Gasteiger partial charge on any atom is -0.330 e. The Kier molecular flexibility index (Phi) is 3.04. The van der Waals surface area contributed by atoms with Crippen molar-refractivity contribution in [2.24, 2.45) is 5.73 Å². The van der Waals surface area contributed by atoms with Crippen LogP contribution in [0.5, 0.6) is 0 Å². The molecule has 0 saturated carbocycles. The van der Waals surface area contributed by atoms with Gasteiger partial charge in [0.15, 0.2) is 0 Å². The topological polar surface area (TPSA) is 26.0 Å². The maximum Gasteiger partial charge on any atom is 0.0181 e. The molecule has 0 heterocycles. The third-order valence-corrected chi connectivity index (χ3v) is 3.59. The Bertz CT molecular complexity index is 517. The van der Waals surface area contributed by atoms with Gasteiger partial charge in [-0.1, -0.05) is 54.0 Å². The molecule has 0 aliphatic rings. The molecule has 0 radical (unpaired) electrons. The van der Waals surface area contributed by atoms with Crippen LogP contribution in [0.4, 0.5) is 0 Å². The Morgan fingerprint density at radius 1 is 1.06 bits per heavy atom. The van der Waals surface area contributed by atoms with Crippen LogP contribution in [0.2, 0.25) is 0 Å². The summed E-state index contributed by atoms with van der Waals surface area (Å²) >= 11 is 3.50. The summed E-state index contributed by atoms with van der Waals surface area (Å²) in [5.74, 6) is 0. The number of fused-ring (bicyclic) bond motifs is 1. The van der Waals surface area contributed by atoms with Crippen LogP contribution in [0.3, 0.4) is 0 Å². The number of benzene rings is 2. The Morgan fingerprint density at radius 2 is 1.75 bits per heavy atom. The molecule has 0 fully saturated rings.